The summed E-state index contributed by atoms with van der Waals surface area (Å²) in [4.78, 5) is 23.3. The van der Waals surface area contributed by atoms with Gasteiger partial charge in [0.2, 0.25) is 0 Å². The Balaban J connectivity index is 2.16. The number of phenolic OH excluding ortho intramolecular Hbond substituents is 1. The van der Waals surface area contributed by atoms with Gasteiger partial charge >= 0.3 is 6.09 Å². The summed E-state index contributed by atoms with van der Waals surface area (Å²) < 4.78 is 6.28. The summed E-state index contributed by atoms with van der Waals surface area (Å²) >= 11 is 2.08. The van der Waals surface area contributed by atoms with Crippen LogP contribution in [0.1, 0.15) is 18.1 Å². The second-order valence-electron chi connectivity index (χ2n) is 5.20. The lowest BCUT2D eigenvalue weighted by molar-refractivity contribution is -0.124. The molecule has 0 radical (unpaired) electrons. The third-order valence-electron chi connectivity index (χ3n) is 3.34. The Hall–Kier alpha value is -2.59. The predicted molar refractivity (Wildman–Crippen MR) is 104 cm³/mol. The Kier molecular flexibility index (Phi) is 7.42. The van der Waals surface area contributed by atoms with E-state index in [1.165, 1.54) is 17.6 Å². The van der Waals surface area contributed by atoms with Crippen molar-refractivity contribution in [1.29, 1.82) is 0 Å². The Morgan fingerprint density at radius 1 is 1.19 bits per heavy atom. The monoisotopic (exact) mass is 468 g/mol. The molecule has 2 aromatic rings. The van der Waals surface area contributed by atoms with E-state index in [0.717, 1.165) is 9.65 Å². The Morgan fingerprint density at radius 2 is 1.92 bits per heavy atom. The number of anilines is 1. The second kappa shape index (κ2) is 9.78. The molecule has 1 atom stereocenters. The van der Waals surface area contributed by atoms with Crippen molar-refractivity contribution in [2.24, 2.45) is 0 Å². The summed E-state index contributed by atoms with van der Waals surface area (Å²) in [6, 6.07) is 13.7. The van der Waals surface area contributed by atoms with E-state index in [1.54, 1.807) is 36.4 Å². The van der Waals surface area contributed by atoms with Gasteiger partial charge in [0, 0.05) is 27.3 Å². The first-order chi connectivity index (χ1) is 12.5. The van der Waals surface area contributed by atoms with E-state index in [2.05, 4.69) is 27.9 Å². The molecular weight excluding hydrogens is 451 g/mol. The zero-order chi connectivity index (χ0) is 18.9. The maximum atomic E-state index is 12.2. The van der Waals surface area contributed by atoms with Crippen molar-refractivity contribution in [2.45, 2.75) is 12.5 Å². The van der Waals surface area contributed by atoms with Gasteiger partial charge in [-0.2, -0.15) is 0 Å². The molecule has 0 saturated heterocycles. The number of benzene rings is 2. The molecule has 0 spiro atoms. The Labute approximate surface area is 163 Å². The van der Waals surface area contributed by atoms with Crippen LogP contribution >= 0.6 is 22.6 Å². The first-order valence-corrected chi connectivity index (χ1v) is 8.69. The number of carbonyl (C=O) groups is 2. The molecular formula is C18H17IN2O5. The normalized spacial score (nSPS) is 11.8. The van der Waals surface area contributed by atoms with Crippen LogP contribution in [0.15, 0.2) is 60.7 Å². The largest absolute Gasteiger partial charge is 0.508 e. The molecule has 0 unspecified atom stereocenters. The number of phenols is 1. The van der Waals surface area contributed by atoms with Crippen molar-refractivity contribution in [3.63, 3.8) is 0 Å². The fourth-order valence-electron chi connectivity index (χ4n) is 2.16. The number of halogens is 1. The first kappa shape index (κ1) is 19.7. The fraction of sp³-hybridized carbons (Fsp3) is 0.111. The standard InChI is InChI=1S/C18H17IN2O5/c19-12-9-10-15(22)14(11-12)16(7-4-8-17(23)21-25)26-18(24)20-13-5-2-1-3-6-13/h1-6,8-11,16,22,25H,7H2,(H,20,24)(H,21,23)/b8-4+/t16-/m1/s1. The zero-order valence-corrected chi connectivity index (χ0v) is 15.7. The number of para-hydroxylation sites is 1. The van der Waals surface area contributed by atoms with Gasteiger partial charge in [-0.15, -0.1) is 0 Å². The minimum Gasteiger partial charge on any atom is -0.508 e. The van der Waals surface area contributed by atoms with Crippen LogP contribution in [0.5, 0.6) is 5.75 Å². The number of hydrogen-bond donors (Lipinski definition) is 4. The van der Waals surface area contributed by atoms with Gasteiger partial charge in [0.1, 0.15) is 11.9 Å². The van der Waals surface area contributed by atoms with Crippen molar-refractivity contribution in [1.82, 2.24) is 5.48 Å². The van der Waals surface area contributed by atoms with Gasteiger partial charge in [-0.05, 0) is 52.9 Å². The molecule has 7 nitrogen and oxygen atoms in total. The smallest absolute Gasteiger partial charge is 0.412 e. The summed E-state index contributed by atoms with van der Waals surface area (Å²) in [5.74, 6) is -0.729. The van der Waals surface area contributed by atoms with E-state index >= 15 is 0 Å². The third-order valence-corrected chi connectivity index (χ3v) is 4.01. The SMILES string of the molecule is O=C(/C=C/C[C@@H](OC(=O)Nc1ccccc1)c1cc(I)ccc1O)NO. The minimum absolute atomic E-state index is 0.0251. The molecule has 0 bridgehead atoms. The number of ether oxygens (including phenoxy) is 1. The van der Waals surface area contributed by atoms with Gasteiger partial charge in [-0.25, -0.2) is 10.3 Å². The molecule has 136 valence electrons. The molecule has 2 amide bonds. The molecule has 8 heteroatoms. The van der Waals surface area contributed by atoms with E-state index < -0.39 is 18.1 Å². The molecule has 0 saturated carbocycles. The van der Waals surface area contributed by atoms with Crippen LogP contribution in [0, 0.1) is 3.57 Å². The number of hydrogen-bond acceptors (Lipinski definition) is 5. The Morgan fingerprint density at radius 3 is 2.62 bits per heavy atom. The molecule has 26 heavy (non-hydrogen) atoms. The maximum absolute atomic E-state index is 12.2. The zero-order valence-electron chi connectivity index (χ0n) is 13.6. The van der Waals surface area contributed by atoms with Crippen molar-refractivity contribution in [2.75, 3.05) is 5.32 Å². The molecule has 2 rings (SSSR count). The lowest BCUT2D eigenvalue weighted by atomic mass is 10.0. The van der Waals surface area contributed by atoms with Gasteiger partial charge in [0.05, 0.1) is 0 Å². The molecule has 0 aliphatic carbocycles. The van der Waals surface area contributed by atoms with E-state index in [-0.39, 0.29) is 12.2 Å². The van der Waals surface area contributed by atoms with E-state index in [0.29, 0.717) is 11.3 Å². The Bertz CT molecular complexity index is 795. The molecule has 0 aliphatic heterocycles. The van der Waals surface area contributed by atoms with Crippen LogP contribution in [0.2, 0.25) is 0 Å². The van der Waals surface area contributed by atoms with Gasteiger partial charge in [0.25, 0.3) is 5.91 Å². The number of aromatic hydroxyl groups is 1. The topological polar surface area (TPSA) is 108 Å². The average Bonchev–Trinajstić information content (AvgIpc) is 2.63. The highest BCUT2D eigenvalue weighted by atomic mass is 127. The average molecular weight is 468 g/mol. The lowest BCUT2D eigenvalue weighted by Crippen LogP contribution is -2.18. The number of carbonyl (C=O) groups excluding carboxylic acids is 2. The molecule has 0 fully saturated rings. The van der Waals surface area contributed by atoms with Gasteiger partial charge < -0.3 is 9.84 Å². The van der Waals surface area contributed by atoms with Gasteiger partial charge in [-0.1, -0.05) is 24.3 Å². The van der Waals surface area contributed by atoms with Crippen molar-refractivity contribution in [3.05, 3.63) is 69.8 Å². The highest BCUT2D eigenvalue weighted by Gasteiger charge is 2.20. The summed E-state index contributed by atoms with van der Waals surface area (Å²) in [6.07, 6.45) is 1.15. The van der Waals surface area contributed by atoms with E-state index in [4.69, 9.17) is 9.94 Å². The number of rotatable bonds is 6. The van der Waals surface area contributed by atoms with Gasteiger partial charge in [-0.3, -0.25) is 15.3 Å². The maximum Gasteiger partial charge on any atom is 0.412 e. The molecule has 0 heterocycles. The highest BCUT2D eigenvalue weighted by molar-refractivity contribution is 14.1. The quantitative estimate of drug-likeness (QED) is 0.224. The van der Waals surface area contributed by atoms with Crippen LogP contribution in [0.4, 0.5) is 10.5 Å². The van der Waals surface area contributed by atoms with Crippen LogP contribution in [-0.4, -0.2) is 22.3 Å². The molecule has 2 aromatic carbocycles. The van der Waals surface area contributed by atoms with E-state index in [9.17, 15) is 14.7 Å². The molecule has 4 N–H and O–H groups in total. The number of nitrogens with one attached hydrogen (secondary N) is 2. The predicted octanol–water partition coefficient (Wildman–Crippen LogP) is 3.74. The van der Waals surface area contributed by atoms with Crippen LogP contribution in [0.25, 0.3) is 0 Å². The van der Waals surface area contributed by atoms with Crippen molar-refractivity contribution in [3.8, 4) is 5.75 Å². The first-order valence-electron chi connectivity index (χ1n) is 7.61. The second-order valence-corrected chi connectivity index (χ2v) is 6.45. The summed E-state index contributed by atoms with van der Waals surface area (Å²) in [5.41, 5.74) is 2.46. The summed E-state index contributed by atoms with van der Waals surface area (Å²) in [6.45, 7) is 0. The van der Waals surface area contributed by atoms with Crippen molar-refractivity contribution < 1.29 is 24.6 Å². The van der Waals surface area contributed by atoms with Gasteiger partial charge in [0.15, 0.2) is 0 Å². The van der Waals surface area contributed by atoms with Crippen LogP contribution < -0.4 is 10.8 Å². The summed E-state index contributed by atoms with van der Waals surface area (Å²) in [5, 5.41) is 21.2. The number of hydroxylamine groups is 1. The fourth-order valence-corrected chi connectivity index (χ4v) is 2.67. The third kappa shape index (κ3) is 6.05. The van der Waals surface area contributed by atoms with Crippen molar-refractivity contribution >= 4 is 40.3 Å². The van der Waals surface area contributed by atoms with Crippen LogP contribution in [0.3, 0.4) is 0 Å². The minimum atomic E-state index is -0.823. The summed E-state index contributed by atoms with van der Waals surface area (Å²) in [7, 11) is 0. The van der Waals surface area contributed by atoms with E-state index in [1.807, 2.05) is 6.07 Å². The molecule has 0 aliphatic rings. The van der Waals surface area contributed by atoms with Crippen LogP contribution in [-0.2, 0) is 9.53 Å². The lowest BCUT2D eigenvalue weighted by Gasteiger charge is -2.18. The highest BCUT2D eigenvalue weighted by Crippen LogP contribution is 2.31. The number of amides is 2. The molecule has 0 aromatic heterocycles.